The summed E-state index contributed by atoms with van der Waals surface area (Å²) in [7, 11) is 1.89. The Bertz CT molecular complexity index is 826. The lowest BCUT2D eigenvalue weighted by molar-refractivity contribution is -0.144. The topological polar surface area (TPSA) is 91.0 Å². The van der Waals surface area contributed by atoms with Gasteiger partial charge in [0.05, 0.1) is 29.5 Å². The molecule has 1 aliphatic heterocycles. The molecular formula is C16H21N5O3S. The molecule has 0 radical (unpaired) electrons. The Morgan fingerprint density at radius 2 is 2.24 bits per heavy atom. The number of thioether (sulfide) groups is 1. The van der Waals surface area contributed by atoms with Crippen molar-refractivity contribution in [2.45, 2.75) is 32.6 Å². The van der Waals surface area contributed by atoms with Gasteiger partial charge in [-0.2, -0.15) is 10.2 Å². The molecule has 3 rings (SSSR count). The number of aryl methyl sites for hydroxylation is 2. The Labute approximate surface area is 149 Å². The van der Waals surface area contributed by atoms with Crippen LogP contribution in [0.1, 0.15) is 34.7 Å². The number of hydrogen-bond donors (Lipinski definition) is 1. The van der Waals surface area contributed by atoms with Gasteiger partial charge in [0, 0.05) is 23.9 Å². The number of carbonyl (C=O) groups excluding carboxylic acids is 2. The van der Waals surface area contributed by atoms with Gasteiger partial charge in [-0.15, -0.1) is 11.8 Å². The summed E-state index contributed by atoms with van der Waals surface area (Å²) in [5, 5.41) is 11.6. The predicted octanol–water partition coefficient (Wildman–Crippen LogP) is 1.57. The maximum absolute atomic E-state index is 12.2. The van der Waals surface area contributed by atoms with Gasteiger partial charge in [-0.25, -0.2) is 4.68 Å². The molecule has 0 saturated heterocycles. The van der Waals surface area contributed by atoms with E-state index < -0.39 is 0 Å². The lowest BCUT2D eigenvalue weighted by Crippen LogP contribution is -2.20. The zero-order valence-electron chi connectivity index (χ0n) is 14.7. The lowest BCUT2D eigenvalue weighted by atomic mass is 10.1. The van der Waals surface area contributed by atoms with E-state index >= 15 is 0 Å². The first kappa shape index (κ1) is 17.5. The first-order chi connectivity index (χ1) is 11.9. The second kappa shape index (κ2) is 6.91. The molecule has 1 N–H and O–H groups in total. The molecule has 1 unspecified atom stereocenters. The smallest absolute Gasteiger partial charge is 0.327 e. The van der Waals surface area contributed by atoms with Crippen LogP contribution in [0.15, 0.2) is 6.20 Å². The van der Waals surface area contributed by atoms with Crippen LogP contribution in [0.3, 0.4) is 0 Å². The van der Waals surface area contributed by atoms with Crippen molar-refractivity contribution in [3.63, 3.8) is 0 Å². The van der Waals surface area contributed by atoms with E-state index in [-0.39, 0.29) is 23.7 Å². The Hall–Kier alpha value is -2.29. The standard InChI is InChI=1S/C16H21N5O3S/c1-5-24-13(23)7-21-16-14(9(2)19-21)15(25-8-12(22)18-16)11-6-17-20(4)10(11)3/h6,15H,5,7-8H2,1-4H3,(H,18,22). The third-order valence-electron chi connectivity index (χ3n) is 4.21. The molecule has 0 spiro atoms. The zero-order valence-corrected chi connectivity index (χ0v) is 15.5. The first-order valence-corrected chi connectivity index (χ1v) is 9.10. The Morgan fingerprint density at radius 1 is 1.48 bits per heavy atom. The Balaban J connectivity index is 2.06. The van der Waals surface area contributed by atoms with Crippen LogP contribution >= 0.6 is 11.8 Å². The van der Waals surface area contributed by atoms with Crippen molar-refractivity contribution in [1.82, 2.24) is 19.6 Å². The van der Waals surface area contributed by atoms with E-state index in [9.17, 15) is 9.59 Å². The molecule has 1 aliphatic rings. The SMILES string of the molecule is CCOC(=O)Cn1nc(C)c2c1NC(=O)CSC2c1cnn(C)c1C. The summed E-state index contributed by atoms with van der Waals surface area (Å²) in [5.41, 5.74) is 3.78. The molecule has 9 heteroatoms. The maximum Gasteiger partial charge on any atom is 0.327 e. The number of esters is 1. The highest BCUT2D eigenvalue weighted by Crippen LogP contribution is 2.43. The molecule has 3 heterocycles. The largest absolute Gasteiger partial charge is 0.465 e. The molecule has 0 bridgehead atoms. The molecular weight excluding hydrogens is 342 g/mol. The summed E-state index contributed by atoms with van der Waals surface area (Å²) in [4.78, 5) is 24.0. The Morgan fingerprint density at radius 3 is 2.88 bits per heavy atom. The van der Waals surface area contributed by atoms with Crippen LogP contribution in [0.25, 0.3) is 0 Å². The van der Waals surface area contributed by atoms with E-state index in [4.69, 9.17) is 4.74 Å². The van der Waals surface area contributed by atoms with Crippen LogP contribution in [0.5, 0.6) is 0 Å². The molecule has 2 aromatic rings. The normalized spacial score (nSPS) is 17.0. The highest BCUT2D eigenvalue weighted by molar-refractivity contribution is 8.00. The molecule has 0 aliphatic carbocycles. The average molecular weight is 363 g/mol. The number of hydrogen-bond acceptors (Lipinski definition) is 6. The van der Waals surface area contributed by atoms with E-state index in [0.717, 1.165) is 22.5 Å². The number of fused-ring (bicyclic) bond motifs is 1. The first-order valence-electron chi connectivity index (χ1n) is 8.05. The average Bonchev–Trinajstić information content (AvgIpc) is 2.95. The summed E-state index contributed by atoms with van der Waals surface area (Å²) in [5.74, 6) is 0.397. The van der Waals surface area contributed by atoms with Crippen LogP contribution in [0, 0.1) is 13.8 Å². The van der Waals surface area contributed by atoms with Crippen LogP contribution in [-0.4, -0.2) is 43.8 Å². The van der Waals surface area contributed by atoms with Crippen molar-refractivity contribution >= 4 is 29.5 Å². The van der Waals surface area contributed by atoms with Gasteiger partial charge in [-0.05, 0) is 20.8 Å². The maximum atomic E-state index is 12.2. The highest BCUT2D eigenvalue weighted by Gasteiger charge is 2.32. The fourth-order valence-corrected chi connectivity index (χ4v) is 4.16. The van der Waals surface area contributed by atoms with Crippen molar-refractivity contribution < 1.29 is 14.3 Å². The van der Waals surface area contributed by atoms with Gasteiger partial charge in [0.2, 0.25) is 5.91 Å². The summed E-state index contributed by atoms with van der Waals surface area (Å²) < 4.78 is 8.34. The van der Waals surface area contributed by atoms with Gasteiger partial charge in [0.25, 0.3) is 0 Å². The summed E-state index contributed by atoms with van der Waals surface area (Å²) >= 11 is 1.54. The summed E-state index contributed by atoms with van der Waals surface area (Å²) in [6, 6.07) is 0. The lowest BCUT2D eigenvalue weighted by Gasteiger charge is -2.14. The van der Waals surface area contributed by atoms with Crippen molar-refractivity contribution in [1.29, 1.82) is 0 Å². The number of aromatic nitrogens is 4. The second-order valence-electron chi connectivity index (χ2n) is 5.86. The van der Waals surface area contributed by atoms with Gasteiger partial charge < -0.3 is 10.1 Å². The third-order valence-corrected chi connectivity index (χ3v) is 5.47. The van der Waals surface area contributed by atoms with Gasteiger partial charge in [0.15, 0.2) is 0 Å². The van der Waals surface area contributed by atoms with E-state index in [1.807, 2.05) is 31.8 Å². The molecule has 0 saturated carbocycles. The van der Waals surface area contributed by atoms with E-state index in [1.165, 1.54) is 16.4 Å². The molecule has 25 heavy (non-hydrogen) atoms. The molecule has 1 atom stereocenters. The minimum Gasteiger partial charge on any atom is -0.465 e. The monoisotopic (exact) mass is 363 g/mol. The Kier molecular flexibility index (Phi) is 4.85. The number of anilines is 1. The molecule has 8 nitrogen and oxygen atoms in total. The second-order valence-corrected chi connectivity index (χ2v) is 6.95. The minimum atomic E-state index is -0.381. The molecule has 1 amide bonds. The quantitative estimate of drug-likeness (QED) is 0.829. The van der Waals surface area contributed by atoms with Crippen LogP contribution in [-0.2, 0) is 27.9 Å². The van der Waals surface area contributed by atoms with Gasteiger partial charge in [-0.3, -0.25) is 14.3 Å². The molecule has 2 aromatic heterocycles. The number of carbonyl (C=O) groups is 2. The molecule has 0 aromatic carbocycles. The number of nitrogens with zero attached hydrogens (tertiary/aromatic N) is 4. The highest BCUT2D eigenvalue weighted by atomic mass is 32.2. The van der Waals surface area contributed by atoms with E-state index in [1.54, 1.807) is 6.92 Å². The number of amides is 1. The fourth-order valence-electron chi connectivity index (χ4n) is 2.91. The van der Waals surface area contributed by atoms with Crippen molar-refractivity contribution in [3.8, 4) is 0 Å². The zero-order chi connectivity index (χ0) is 18.1. The van der Waals surface area contributed by atoms with Crippen LogP contribution < -0.4 is 5.32 Å². The van der Waals surface area contributed by atoms with Gasteiger partial charge in [0.1, 0.15) is 12.4 Å². The fraction of sp³-hybridized carbons (Fsp3) is 0.500. The van der Waals surface area contributed by atoms with Gasteiger partial charge in [-0.1, -0.05) is 0 Å². The van der Waals surface area contributed by atoms with Gasteiger partial charge >= 0.3 is 5.97 Å². The van der Waals surface area contributed by atoms with E-state index in [0.29, 0.717) is 18.2 Å². The number of rotatable bonds is 4. The van der Waals surface area contributed by atoms with E-state index in [2.05, 4.69) is 15.5 Å². The molecule has 0 fully saturated rings. The third kappa shape index (κ3) is 3.28. The summed E-state index contributed by atoms with van der Waals surface area (Å²) in [6.07, 6.45) is 1.83. The van der Waals surface area contributed by atoms with Crippen molar-refractivity contribution in [2.24, 2.45) is 7.05 Å². The summed E-state index contributed by atoms with van der Waals surface area (Å²) in [6.45, 7) is 5.92. The van der Waals surface area contributed by atoms with Crippen molar-refractivity contribution in [3.05, 3.63) is 28.7 Å². The number of nitrogens with one attached hydrogen (secondary N) is 1. The van der Waals surface area contributed by atoms with Crippen molar-refractivity contribution in [2.75, 3.05) is 17.7 Å². The van der Waals surface area contributed by atoms with Crippen LogP contribution in [0.2, 0.25) is 0 Å². The predicted molar refractivity (Wildman–Crippen MR) is 94.5 cm³/mol. The number of ether oxygens (including phenoxy) is 1. The van der Waals surface area contributed by atoms with Crippen LogP contribution in [0.4, 0.5) is 5.82 Å². The molecule has 134 valence electrons. The minimum absolute atomic E-state index is 0.0340.